The van der Waals surface area contributed by atoms with Gasteiger partial charge >= 0.3 is 0 Å². The van der Waals surface area contributed by atoms with Crippen LogP contribution in [0.5, 0.6) is 0 Å². The molecule has 1 aliphatic rings. The molecular weight excluding hydrogens is 264 g/mol. The van der Waals surface area contributed by atoms with Crippen molar-refractivity contribution in [2.24, 2.45) is 5.92 Å². The summed E-state index contributed by atoms with van der Waals surface area (Å²) in [5.41, 5.74) is 1.97. The molecule has 5 heteroatoms. The third-order valence-corrected chi connectivity index (χ3v) is 3.96. The van der Waals surface area contributed by atoms with Crippen LogP contribution >= 0.6 is 0 Å². The predicted octanol–water partition coefficient (Wildman–Crippen LogP) is 1.87. The maximum Gasteiger partial charge on any atom is 0.229 e. The minimum Gasteiger partial charge on any atom is -0.326 e. The van der Waals surface area contributed by atoms with Crippen LogP contribution in [0.3, 0.4) is 0 Å². The zero-order valence-corrected chi connectivity index (χ0v) is 12.1. The summed E-state index contributed by atoms with van der Waals surface area (Å²) in [6.45, 7) is 3.68. The number of anilines is 1. The van der Waals surface area contributed by atoms with Crippen molar-refractivity contribution in [2.75, 3.05) is 11.9 Å². The van der Waals surface area contributed by atoms with Crippen LogP contribution in [0, 0.1) is 5.92 Å². The molecule has 2 N–H and O–H groups in total. The standard InChI is InChI=1S/C16H20N4O/c1-12-15(6-8-17-12)16(21)19-14-5-2-4-13(10-14)11-20-9-3-7-18-20/h2-5,7,9-10,12,15,17H,6,8,11H2,1H3,(H,19,21). The summed E-state index contributed by atoms with van der Waals surface area (Å²) in [4.78, 5) is 12.3. The summed E-state index contributed by atoms with van der Waals surface area (Å²) in [6.07, 6.45) is 4.59. The van der Waals surface area contributed by atoms with E-state index in [0.717, 1.165) is 24.2 Å². The molecule has 1 saturated heterocycles. The molecule has 0 spiro atoms. The van der Waals surface area contributed by atoms with E-state index in [1.165, 1.54) is 0 Å². The second kappa shape index (κ2) is 6.10. The van der Waals surface area contributed by atoms with Crippen molar-refractivity contribution in [3.63, 3.8) is 0 Å². The summed E-state index contributed by atoms with van der Waals surface area (Å²) in [5.74, 6) is 0.156. The molecule has 0 aliphatic carbocycles. The number of aromatic nitrogens is 2. The molecule has 5 nitrogen and oxygen atoms in total. The molecule has 1 fully saturated rings. The van der Waals surface area contributed by atoms with Gasteiger partial charge in [-0.15, -0.1) is 0 Å². The maximum atomic E-state index is 12.3. The lowest BCUT2D eigenvalue weighted by atomic mass is 10.0. The zero-order chi connectivity index (χ0) is 14.7. The van der Waals surface area contributed by atoms with E-state index in [2.05, 4.69) is 22.7 Å². The van der Waals surface area contributed by atoms with Gasteiger partial charge in [0.05, 0.1) is 12.5 Å². The lowest BCUT2D eigenvalue weighted by Gasteiger charge is -2.15. The van der Waals surface area contributed by atoms with Gasteiger partial charge in [-0.3, -0.25) is 9.48 Å². The zero-order valence-electron chi connectivity index (χ0n) is 12.1. The fraction of sp³-hybridized carbons (Fsp3) is 0.375. The predicted molar refractivity (Wildman–Crippen MR) is 82.0 cm³/mol. The molecule has 1 aromatic heterocycles. The fourth-order valence-electron chi connectivity index (χ4n) is 2.78. The third kappa shape index (κ3) is 3.31. The average molecular weight is 284 g/mol. The van der Waals surface area contributed by atoms with Crippen LogP contribution < -0.4 is 10.6 Å². The molecule has 21 heavy (non-hydrogen) atoms. The van der Waals surface area contributed by atoms with Crippen molar-refractivity contribution < 1.29 is 4.79 Å². The number of carbonyl (C=O) groups is 1. The number of nitrogens with zero attached hydrogens (tertiary/aromatic N) is 2. The smallest absolute Gasteiger partial charge is 0.229 e. The highest BCUT2D eigenvalue weighted by Crippen LogP contribution is 2.19. The Bertz CT molecular complexity index is 608. The van der Waals surface area contributed by atoms with E-state index in [0.29, 0.717) is 6.54 Å². The summed E-state index contributed by atoms with van der Waals surface area (Å²) in [5, 5.41) is 10.5. The Kier molecular flexibility index (Phi) is 4.01. The molecule has 3 rings (SSSR count). The van der Waals surface area contributed by atoms with Crippen molar-refractivity contribution in [1.82, 2.24) is 15.1 Å². The van der Waals surface area contributed by atoms with Crippen LogP contribution in [0.2, 0.25) is 0 Å². The van der Waals surface area contributed by atoms with Crippen molar-refractivity contribution in [1.29, 1.82) is 0 Å². The Morgan fingerprint density at radius 3 is 3.10 bits per heavy atom. The lowest BCUT2D eigenvalue weighted by molar-refractivity contribution is -0.119. The van der Waals surface area contributed by atoms with Crippen molar-refractivity contribution in [3.8, 4) is 0 Å². The highest BCUT2D eigenvalue weighted by Gasteiger charge is 2.29. The van der Waals surface area contributed by atoms with Gasteiger partial charge < -0.3 is 10.6 Å². The summed E-state index contributed by atoms with van der Waals surface area (Å²) >= 11 is 0. The Hall–Kier alpha value is -2.14. The molecule has 2 aromatic rings. The van der Waals surface area contributed by atoms with Crippen molar-refractivity contribution in [2.45, 2.75) is 25.9 Å². The number of benzene rings is 1. The van der Waals surface area contributed by atoms with Gasteiger partial charge in [-0.05, 0) is 43.7 Å². The van der Waals surface area contributed by atoms with E-state index < -0.39 is 0 Å². The fourth-order valence-corrected chi connectivity index (χ4v) is 2.78. The Morgan fingerprint density at radius 1 is 1.48 bits per heavy atom. The second-order valence-corrected chi connectivity index (χ2v) is 5.53. The van der Waals surface area contributed by atoms with Crippen LogP contribution in [0.25, 0.3) is 0 Å². The highest BCUT2D eigenvalue weighted by molar-refractivity contribution is 5.93. The number of hydrogen-bond donors (Lipinski definition) is 2. The second-order valence-electron chi connectivity index (χ2n) is 5.53. The summed E-state index contributed by atoms with van der Waals surface area (Å²) < 4.78 is 1.86. The Labute approximate surface area is 124 Å². The molecule has 110 valence electrons. The van der Waals surface area contributed by atoms with Gasteiger partial charge in [-0.2, -0.15) is 5.10 Å². The minimum atomic E-state index is 0.0553. The van der Waals surface area contributed by atoms with E-state index in [1.807, 2.05) is 41.2 Å². The van der Waals surface area contributed by atoms with Crippen LogP contribution in [0.4, 0.5) is 5.69 Å². The number of amides is 1. The average Bonchev–Trinajstić information content (AvgIpc) is 3.10. The van der Waals surface area contributed by atoms with Gasteiger partial charge in [0.1, 0.15) is 0 Å². The SMILES string of the molecule is CC1NCCC1C(=O)Nc1cccc(Cn2cccn2)c1. The van der Waals surface area contributed by atoms with E-state index in [-0.39, 0.29) is 17.9 Å². The first-order chi connectivity index (χ1) is 10.2. The summed E-state index contributed by atoms with van der Waals surface area (Å²) in [6, 6.07) is 10.1. The van der Waals surface area contributed by atoms with E-state index >= 15 is 0 Å². The van der Waals surface area contributed by atoms with E-state index in [1.54, 1.807) is 6.20 Å². The van der Waals surface area contributed by atoms with E-state index in [9.17, 15) is 4.79 Å². The maximum absolute atomic E-state index is 12.3. The quantitative estimate of drug-likeness (QED) is 0.901. The van der Waals surface area contributed by atoms with Gasteiger partial charge in [0, 0.05) is 24.1 Å². The molecule has 1 aliphatic heterocycles. The van der Waals surface area contributed by atoms with Gasteiger partial charge in [-0.25, -0.2) is 0 Å². The Morgan fingerprint density at radius 2 is 2.38 bits per heavy atom. The molecule has 2 heterocycles. The number of rotatable bonds is 4. The van der Waals surface area contributed by atoms with Gasteiger partial charge in [0.15, 0.2) is 0 Å². The highest BCUT2D eigenvalue weighted by atomic mass is 16.1. The van der Waals surface area contributed by atoms with Crippen LogP contribution in [0.15, 0.2) is 42.7 Å². The first-order valence-corrected chi connectivity index (χ1v) is 7.33. The van der Waals surface area contributed by atoms with Crippen LogP contribution in [-0.2, 0) is 11.3 Å². The first-order valence-electron chi connectivity index (χ1n) is 7.33. The number of carbonyl (C=O) groups excluding carboxylic acids is 1. The monoisotopic (exact) mass is 284 g/mol. The largest absolute Gasteiger partial charge is 0.326 e. The normalized spacial score (nSPS) is 21.4. The molecule has 1 aromatic carbocycles. The number of nitrogens with one attached hydrogen (secondary N) is 2. The van der Waals surface area contributed by atoms with Gasteiger partial charge in [0.2, 0.25) is 5.91 Å². The summed E-state index contributed by atoms with van der Waals surface area (Å²) in [7, 11) is 0. The van der Waals surface area contributed by atoms with Gasteiger partial charge in [-0.1, -0.05) is 12.1 Å². The molecule has 1 amide bonds. The van der Waals surface area contributed by atoms with Crippen LogP contribution in [-0.4, -0.2) is 28.3 Å². The molecule has 0 radical (unpaired) electrons. The Balaban J connectivity index is 1.67. The third-order valence-electron chi connectivity index (χ3n) is 3.96. The van der Waals surface area contributed by atoms with E-state index in [4.69, 9.17) is 0 Å². The topological polar surface area (TPSA) is 59.0 Å². The lowest BCUT2D eigenvalue weighted by Crippen LogP contribution is -2.32. The molecule has 0 bridgehead atoms. The minimum absolute atomic E-state index is 0.0553. The molecule has 0 saturated carbocycles. The van der Waals surface area contributed by atoms with Crippen molar-refractivity contribution in [3.05, 3.63) is 48.3 Å². The molecule has 2 atom stereocenters. The van der Waals surface area contributed by atoms with Crippen LogP contribution in [0.1, 0.15) is 18.9 Å². The molecular formula is C16H20N4O. The number of hydrogen-bond acceptors (Lipinski definition) is 3. The molecule has 2 unspecified atom stereocenters. The van der Waals surface area contributed by atoms with Crippen molar-refractivity contribution >= 4 is 11.6 Å². The first kappa shape index (κ1) is 13.8. The van der Waals surface area contributed by atoms with Gasteiger partial charge in [0.25, 0.3) is 0 Å².